The van der Waals surface area contributed by atoms with Crippen LogP contribution in [0.1, 0.15) is 34.5 Å². The molecule has 0 saturated carbocycles. The Morgan fingerprint density at radius 3 is 1.86 bits per heavy atom. The van der Waals surface area contributed by atoms with E-state index >= 15 is 0 Å². The number of halogens is 1. The van der Waals surface area contributed by atoms with E-state index in [9.17, 15) is 9.59 Å². The molecule has 0 bridgehead atoms. The van der Waals surface area contributed by atoms with Crippen LogP contribution in [-0.2, 0) is 9.53 Å². The third-order valence-electron chi connectivity index (χ3n) is 4.30. The van der Waals surface area contributed by atoms with E-state index < -0.39 is 18.0 Å². The quantitative estimate of drug-likeness (QED) is 0.612. The first-order valence-electron chi connectivity index (χ1n) is 8.92. The predicted octanol–water partition coefficient (Wildman–Crippen LogP) is 4.79. The van der Waals surface area contributed by atoms with Crippen LogP contribution in [0, 0.1) is 0 Å². The summed E-state index contributed by atoms with van der Waals surface area (Å²) < 4.78 is 5.32. The Kier molecular flexibility index (Phi) is 6.45. The summed E-state index contributed by atoms with van der Waals surface area (Å²) >= 11 is 6.03. The molecule has 0 saturated heterocycles. The maximum atomic E-state index is 12.7. The van der Waals surface area contributed by atoms with Gasteiger partial charge in [0.15, 0.2) is 6.10 Å². The van der Waals surface area contributed by atoms with Crippen molar-refractivity contribution in [3.05, 3.63) is 107 Å². The van der Waals surface area contributed by atoms with Crippen LogP contribution in [0.4, 0.5) is 0 Å². The molecule has 5 heteroatoms. The molecule has 0 heterocycles. The van der Waals surface area contributed by atoms with Gasteiger partial charge in [-0.25, -0.2) is 4.79 Å². The van der Waals surface area contributed by atoms with Crippen molar-refractivity contribution in [2.75, 3.05) is 0 Å². The van der Waals surface area contributed by atoms with E-state index in [1.54, 1.807) is 24.3 Å². The molecule has 1 amide bonds. The number of carbonyl (C=O) groups excluding carboxylic acids is 2. The standard InChI is InChI=1S/C23H20ClNO3/c1-16(28-23(27)19-14-8-9-15-20(19)24)22(26)25-21(17-10-4-2-5-11-17)18-12-6-3-7-13-18/h2-16,21H,1H3,(H,25,26)/t16-/m1/s1. The van der Waals surface area contributed by atoms with E-state index in [1.165, 1.54) is 6.92 Å². The number of ether oxygens (including phenoxy) is 1. The molecular formula is C23H20ClNO3. The zero-order valence-corrected chi connectivity index (χ0v) is 16.1. The maximum absolute atomic E-state index is 12.7. The van der Waals surface area contributed by atoms with Crippen LogP contribution in [0.3, 0.4) is 0 Å². The highest BCUT2D eigenvalue weighted by atomic mass is 35.5. The molecule has 0 aliphatic heterocycles. The van der Waals surface area contributed by atoms with Crippen molar-refractivity contribution < 1.29 is 14.3 Å². The molecule has 0 aromatic heterocycles. The number of nitrogens with one attached hydrogen (secondary N) is 1. The predicted molar refractivity (Wildman–Crippen MR) is 109 cm³/mol. The Balaban J connectivity index is 1.75. The van der Waals surface area contributed by atoms with Gasteiger partial charge in [0.1, 0.15) is 0 Å². The van der Waals surface area contributed by atoms with Crippen LogP contribution in [0.25, 0.3) is 0 Å². The average molecular weight is 394 g/mol. The minimum atomic E-state index is -0.973. The van der Waals surface area contributed by atoms with Gasteiger partial charge in [0.2, 0.25) is 0 Å². The molecule has 3 aromatic rings. The number of benzene rings is 3. The lowest BCUT2D eigenvalue weighted by Gasteiger charge is -2.22. The summed E-state index contributed by atoms with van der Waals surface area (Å²) in [6, 6.07) is 25.5. The molecule has 0 aliphatic carbocycles. The third-order valence-corrected chi connectivity index (χ3v) is 4.63. The molecular weight excluding hydrogens is 374 g/mol. The fourth-order valence-corrected chi connectivity index (χ4v) is 3.03. The summed E-state index contributed by atoms with van der Waals surface area (Å²) in [5, 5.41) is 3.26. The minimum Gasteiger partial charge on any atom is -0.449 e. The molecule has 1 atom stereocenters. The molecule has 3 rings (SSSR count). The highest BCUT2D eigenvalue weighted by molar-refractivity contribution is 6.33. The number of hydrogen-bond donors (Lipinski definition) is 1. The van der Waals surface area contributed by atoms with E-state index in [2.05, 4.69) is 5.32 Å². The van der Waals surface area contributed by atoms with Crippen LogP contribution in [-0.4, -0.2) is 18.0 Å². The fourth-order valence-electron chi connectivity index (χ4n) is 2.81. The Morgan fingerprint density at radius 1 is 0.821 bits per heavy atom. The molecule has 0 spiro atoms. The second-order valence-corrected chi connectivity index (χ2v) is 6.70. The van der Waals surface area contributed by atoms with Crippen LogP contribution in [0.2, 0.25) is 5.02 Å². The average Bonchev–Trinajstić information content (AvgIpc) is 2.73. The first-order valence-corrected chi connectivity index (χ1v) is 9.30. The van der Waals surface area contributed by atoms with Gasteiger partial charge in [0, 0.05) is 0 Å². The lowest BCUT2D eigenvalue weighted by atomic mass is 9.98. The lowest BCUT2D eigenvalue weighted by Crippen LogP contribution is -2.38. The number of amides is 1. The van der Waals surface area contributed by atoms with Crippen molar-refractivity contribution in [2.45, 2.75) is 19.1 Å². The summed E-state index contributed by atoms with van der Waals surface area (Å²) in [7, 11) is 0. The zero-order chi connectivity index (χ0) is 19.9. The van der Waals surface area contributed by atoms with E-state index in [-0.39, 0.29) is 16.6 Å². The zero-order valence-electron chi connectivity index (χ0n) is 15.3. The van der Waals surface area contributed by atoms with Crippen LogP contribution < -0.4 is 5.32 Å². The molecule has 1 N–H and O–H groups in total. The Bertz CT molecular complexity index is 905. The van der Waals surface area contributed by atoms with Gasteiger partial charge in [0.25, 0.3) is 5.91 Å². The number of hydrogen-bond acceptors (Lipinski definition) is 3. The molecule has 142 valence electrons. The summed E-state index contributed by atoms with van der Waals surface area (Å²) in [6.45, 7) is 1.54. The van der Waals surface area contributed by atoms with Gasteiger partial charge < -0.3 is 10.1 Å². The van der Waals surface area contributed by atoms with Gasteiger partial charge >= 0.3 is 5.97 Å². The number of carbonyl (C=O) groups is 2. The monoisotopic (exact) mass is 393 g/mol. The highest BCUT2D eigenvalue weighted by Crippen LogP contribution is 2.22. The van der Waals surface area contributed by atoms with Crippen molar-refractivity contribution in [2.24, 2.45) is 0 Å². The van der Waals surface area contributed by atoms with Gasteiger partial charge in [-0.2, -0.15) is 0 Å². The molecule has 4 nitrogen and oxygen atoms in total. The Labute approximate surface area is 169 Å². The lowest BCUT2D eigenvalue weighted by molar-refractivity contribution is -0.129. The van der Waals surface area contributed by atoms with Gasteiger partial charge in [-0.15, -0.1) is 0 Å². The Morgan fingerprint density at radius 2 is 1.32 bits per heavy atom. The summed E-state index contributed by atoms with van der Waals surface area (Å²) in [5.74, 6) is -1.03. The maximum Gasteiger partial charge on any atom is 0.340 e. The van der Waals surface area contributed by atoms with E-state index in [0.29, 0.717) is 0 Å². The van der Waals surface area contributed by atoms with Crippen LogP contribution in [0.15, 0.2) is 84.9 Å². The first-order chi connectivity index (χ1) is 13.6. The number of rotatable bonds is 6. The van der Waals surface area contributed by atoms with Crippen molar-refractivity contribution in [3.8, 4) is 0 Å². The molecule has 0 fully saturated rings. The Hall–Kier alpha value is -3.11. The highest BCUT2D eigenvalue weighted by Gasteiger charge is 2.24. The smallest absolute Gasteiger partial charge is 0.340 e. The third kappa shape index (κ3) is 4.78. The van der Waals surface area contributed by atoms with Crippen molar-refractivity contribution in [1.29, 1.82) is 0 Å². The van der Waals surface area contributed by atoms with Crippen molar-refractivity contribution >= 4 is 23.5 Å². The van der Waals surface area contributed by atoms with E-state index in [1.807, 2.05) is 60.7 Å². The number of esters is 1. The summed E-state index contributed by atoms with van der Waals surface area (Å²) in [4.78, 5) is 25.0. The SMILES string of the molecule is C[C@@H](OC(=O)c1ccccc1Cl)C(=O)NC(c1ccccc1)c1ccccc1. The molecule has 0 radical (unpaired) electrons. The van der Waals surface area contributed by atoms with Crippen LogP contribution in [0.5, 0.6) is 0 Å². The van der Waals surface area contributed by atoms with Crippen molar-refractivity contribution in [3.63, 3.8) is 0 Å². The molecule has 3 aromatic carbocycles. The second kappa shape index (κ2) is 9.20. The van der Waals surface area contributed by atoms with Gasteiger partial charge in [-0.05, 0) is 30.2 Å². The van der Waals surface area contributed by atoms with Gasteiger partial charge in [-0.3, -0.25) is 4.79 Å². The molecule has 0 unspecified atom stereocenters. The largest absolute Gasteiger partial charge is 0.449 e. The summed E-state index contributed by atoms with van der Waals surface area (Å²) in [6.07, 6.45) is -0.973. The minimum absolute atomic E-state index is 0.228. The van der Waals surface area contributed by atoms with E-state index in [0.717, 1.165) is 11.1 Å². The fraction of sp³-hybridized carbons (Fsp3) is 0.130. The summed E-state index contributed by atoms with van der Waals surface area (Å²) in [5.41, 5.74) is 2.10. The normalized spacial score (nSPS) is 11.7. The van der Waals surface area contributed by atoms with Gasteiger partial charge in [-0.1, -0.05) is 84.4 Å². The first kappa shape index (κ1) is 19.6. The van der Waals surface area contributed by atoms with Gasteiger partial charge in [0.05, 0.1) is 16.6 Å². The molecule has 28 heavy (non-hydrogen) atoms. The molecule has 0 aliphatic rings. The van der Waals surface area contributed by atoms with Crippen LogP contribution >= 0.6 is 11.6 Å². The topological polar surface area (TPSA) is 55.4 Å². The second-order valence-electron chi connectivity index (χ2n) is 6.29. The van der Waals surface area contributed by atoms with E-state index in [4.69, 9.17) is 16.3 Å². The van der Waals surface area contributed by atoms with Crippen molar-refractivity contribution in [1.82, 2.24) is 5.32 Å².